The number of hydrogen-bond acceptors (Lipinski definition) is 3. The fraction of sp³-hybridized carbons (Fsp3) is 0.188. The molecule has 2 aromatic rings. The van der Waals surface area contributed by atoms with Crippen molar-refractivity contribution in [3.05, 3.63) is 56.2 Å². The second kappa shape index (κ2) is 7.99. The Morgan fingerprint density at radius 2 is 2.24 bits per heavy atom. The fourth-order valence-electron chi connectivity index (χ4n) is 1.76. The van der Waals surface area contributed by atoms with Crippen LogP contribution in [0.4, 0.5) is 0 Å². The predicted octanol–water partition coefficient (Wildman–Crippen LogP) is 2.71. The van der Waals surface area contributed by atoms with E-state index in [1.54, 1.807) is 11.3 Å². The topological polar surface area (TPSA) is 49.3 Å². The maximum atomic E-state index is 11.9. The van der Waals surface area contributed by atoms with Gasteiger partial charge in [0.2, 0.25) is 5.91 Å². The highest BCUT2D eigenvalue weighted by molar-refractivity contribution is 9.10. The van der Waals surface area contributed by atoms with E-state index in [2.05, 4.69) is 33.1 Å². The van der Waals surface area contributed by atoms with Gasteiger partial charge in [-0.15, -0.1) is 11.3 Å². The standard InChI is InChI=1S/C16H14BrNO2S/c17-14-5-1-3-12(7-14)9-16(20)18-10-15-8-13(11-21-15)4-2-6-19/h1,3,5,7-8,11,19H,6,9-10H2,(H,18,20). The van der Waals surface area contributed by atoms with Crippen LogP contribution >= 0.6 is 27.3 Å². The monoisotopic (exact) mass is 363 g/mol. The summed E-state index contributed by atoms with van der Waals surface area (Å²) in [6.45, 7) is 0.354. The predicted molar refractivity (Wildman–Crippen MR) is 88.0 cm³/mol. The van der Waals surface area contributed by atoms with Crippen LogP contribution in [-0.2, 0) is 17.8 Å². The first-order chi connectivity index (χ1) is 10.2. The van der Waals surface area contributed by atoms with Crippen molar-refractivity contribution in [2.75, 3.05) is 6.61 Å². The number of rotatable bonds is 4. The van der Waals surface area contributed by atoms with Gasteiger partial charge in [0.05, 0.1) is 13.0 Å². The Kier molecular flexibility index (Phi) is 6.00. The molecule has 1 aromatic heterocycles. The number of aliphatic hydroxyl groups is 1. The number of halogens is 1. The number of hydrogen-bond donors (Lipinski definition) is 2. The van der Waals surface area contributed by atoms with Gasteiger partial charge in [-0.25, -0.2) is 0 Å². The summed E-state index contributed by atoms with van der Waals surface area (Å²) in [7, 11) is 0. The van der Waals surface area contributed by atoms with Gasteiger partial charge in [0, 0.05) is 20.3 Å². The minimum Gasteiger partial charge on any atom is -0.384 e. The number of amides is 1. The second-order valence-electron chi connectivity index (χ2n) is 4.35. The molecule has 0 aliphatic heterocycles. The Morgan fingerprint density at radius 3 is 3.00 bits per heavy atom. The Hall–Kier alpha value is -1.61. The lowest BCUT2D eigenvalue weighted by atomic mass is 10.1. The molecular formula is C16H14BrNO2S. The molecule has 0 fully saturated rings. The molecule has 108 valence electrons. The van der Waals surface area contributed by atoms with Crippen molar-refractivity contribution in [3.63, 3.8) is 0 Å². The van der Waals surface area contributed by atoms with E-state index in [-0.39, 0.29) is 12.5 Å². The summed E-state index contributed by atoms with van der Waals surface area (Å²) in [6.07, 6.45) is 0.363. The van der Waals surface area contributed by atoms with Crippen LogP contribution in [0, 0.1) is 11.8 Å². The van der Waals surface area contributed by atoms with Crippen molar-refractivity contribution >= 4 is 33.2 Å². The molecule has 2 N–H and O–H groups in total. The third-order valence-electron chi connectivity index (χ3n) is 2.68. The first-order valence-corrected chi connectivity index (χ1v) is 8.03. The lowest BCUT2D eigenvalue weighted by Crippen LogP contribution is -2.24. The summed E-state index contributed by atoms with van der Waals surface area (Å²) in [6, 6.07) is 9.64. The van der Waals surface area contributed by atoms with E-state index in [0.717, 1.165) is 20.5 Å². The molecule has 0 aliphatic rings. The first kappa shape index (κ1) is 15.8. The van der Waals surface area contributed by atoms with Gasteiger partial charge < -0.3 is 10.4 Å². The molecule has 0 atom stereocenters. The van der Waals surface area contributed by atoms with Gasteiger partial charge >= 0.3 is 0 Å². The third kappa shape index (κ3) is 5.35. The second-order valence-corrected chi connectivity index (χ2v) is 6.26. The highest BCUT2D eigenvalue weighted by atomic mass is 79.9. The van der Waals surface area contributed by atoms with Crippen molar-refractivity contribution in [1.29, 1.82) is 0 Å². The molecule has 1 heterocycles. The van der Waals surface area contributed by atoms with E-state index in [0.29, 0.717) is 13.0 Å². The van der Waals surface area contributed by atoms with Crippen molar-refractivity contribution in [1.82, 2.24) is 5.32 Å². The fourth-order valence-corrected chi connectivity index (χ4v) is 2.96. The first-order valence-electron chi connectivity index (χ1n) is 6.35. The van der Waals surface area contributed by atoms with Gasteiger partial charge in [-0.1, -0.05) is 39.9 Å². The van der Waals surface area contributed by atoms with E-state index >= 15 is 0 Å². The number of nitrogens with one attached hydrogen (secondary N) is 1. The number of carbonyl (C=O) groups excluding carboxylic acids is 1. The SMILES string of the molecule is O=C(Cc1cccc(Br)c1)NCc1cc(C#CCO)cs1. The molecule has 0 radical (unpaired) electrons. The molecule has 0 bridgehead atoms. The van der Waals surface area contributed by atoms with Crippen LogP contribution in [0.5, 0.6) is 0 Å². The number of thiophene rings is 1. The Bertz CT molecular complexity index is 685. The molecule has 0 spiro atoms. The van der Waals surface area contributed by atoms with Crippen LogP contribution < -0.4 is 5.32 Å². The van der Waals surface area contributed by atoms with Crippen LogP contribution in [0.3, 0.4) is 0 Å². The van der Waals surface area contributed by atoms with Crippen LogP contribution in [0.1, 0.15) is 16.0 Å². The number of carbonyl (C=O) groups is 1. The van der Waals surface area contributed by atoms with Crippen LogP contribution in [0.2, 0.25) is 0 Å². The quantitative estimate of drug-likeness (QED) is 0.820. The normalized spacial score (nSPS) is 9.81. The van der Waals surface area contributed by atoms with Crippen molar-refractivity contribution < 1.29 is 9.90 Å². The molecule has 1 amide bonds. The van der Waals surface area contributed by atoms with Gasteiger partial charge in [0.15, 0.2) is 0 Å². The molecule has 1 aromatic carbocycles. The lowest BCUT2D eigenvalue weighted by Gasteiger charge is -2.04. The van der Waals surface area contributed by atoms with Crippen molar-refractivity contribution in [2.24, 2.45) is 0 Å². The zero-order valence-electron chi connectivity index (χ0n) is 11.2. The average molecular weight is 364 g/mol. The summed E-state index contributed by atoms with van der Waals surface area (Å²) >= 11 is 4.93. The maximum Gasteiger partial charge on any atom is 0.224 e. The van der Waals surface area contributed by atoms with Gasteiger partial charge in [-0.2, -0.15) is 0 Å². The molecule has 5 heteroatoms. The molecule has 2 rings (SSSR count). The van der Waals surface area contributed by atoms with E-state index in [1.165, 1.54) is 0 Å². The largest absolute Gasteiger partial charge is 0.384 e. The highest BCUT2D eigenvalue weighted by Gasteiger charge is 2.05. The Labute approximate surface area is 136 Å². The van der Waals surface area contributed by atoms with Crippen LogP contribution in [0.15, 0.2) is 40.2 Å². The zero-order chi connectivity index (χ0) is 15.1. The molecule has 3 nitrogen and oxygen atoms in total. The summed E-state index contributed by atoms with van der Waals surface area (Å²) in [5, 5.41) is 13.4. The van der Waals surface area contributed by atoms with Gasteiger partial charge in [0.25, 0.3) is 0 Å². The average Bonchev–Trinajstić information content (AvgIpc) is 2.91. The third-order valence-corrected chi connectivity index (χ3v) is 4.11. The van der Waals surface area contributed by atoms with Gasteiger partial charge in [0.1, 0.15) is 6.61 Å². The van der Waals surface area contributed by atoms with E-state index in [1.807, 2.05) is 35.7 Å². The Balaban J connectivity index is 1.85. The number of benzene rings is 1. The Morgan fingerprint density at radius 1 is 1.38 bits per heavy atom. The van der Waals surface area contributed by atoms with E-state index in [4.69, 9.17) is 5.11 Å². The summed E-state index contributed by atoms with van der Waals surface area (Å²) in [4.78, 5) is 12.9. The molecular weight excluding hydrogens is 350 g/mol. The summed E-state index contributed by atoms with van der Waals surface area (Å²) in [5.74, 6) is 5.43. The lowest BCUT2D eigenvalue weighted by molar-refractivity contribution is -0.120. The number of aliphatic hydroxyl groups excluding tert-OH is 1. The smallest absolute Gasteiger partial charge is 0.224 e. The molecule has 0 saturated carbocycles. The van der Waals surface area contributed by atoms with Gasteiger partial charge in [-0.3, -0.25) is 4.79 Å². The molecule has 0 saturated heterocycles. The maximum absolute atomic E-state index is 11.9. The summed E-state index contributed by atoms with van der Waals surface area (Å²) < 4.78 is 0.971. The van der Waals surface area contributed by atoms with E-state index in [9.17, 15) is 4.79 Å². The highest BCUT2D eigenvalue weighted by Crippen LogP contribution is 2.14. The van der Waals surface area contributed by atoms with E-state index < -0.39 is 0 Å². The molecule has 21 heavy (non-hydrogen) atoms. The van der Waals surface area contributed by atoms with Gasteiger partial charge in [-0.05, 0) is 23.8 Å². The summed E-state index contributed by atoms with van der Waals surface area (Å²) in [5.41, 5.74) is 1.84. The minimum atomic E-state index is -0.144. The molecule has 0 unspecified atom stereocenters. The minimum absolute atomic E-state index is 0.00973. The van der Waals surface area contributed by atoms with Crippen molar-refractivity contribution in [2.45, 2.75) is 13.0 Å². The van der Waals surface area contributed by atoms with Crippen LogP contribution in [0.25, 0.3) is 0 Å². The zero-order valence-corrected chi connectivity index (χ0v) is 13.6. The van der Waals surface area contributed by atoms with Crippen LogP contribution in [-0.4, -0.2) is 17.6 Å². The van der Waals surface area contributed by atoms with Crippen molar-refractivity contribution in [3.8, 4) is 11.8 Å². The molecule has 0 aliphatic carbocycles.